The van der Waals surface area contributed by atoms with E-state index >= 15 is 0 Å². The molecule has 6 nitrogen and oxygen atoms in total. The van der Waals surface area contributed by atoms with E-state index in [0.29, 0.717) is 37.4 Å². The summed E-state index contributed by atoms with van der Waals surface area (Å²) >= 11 is 0. The van der Waals surface area contributed by atoms with Gasteiger partial charge < -0.3 is 20.9 Å². The van der Waals surface area contributed by atoms with Gasteiger partial charge in [0, 0.05) is 37.5 Å². The molecule has 2 aliphatic rings. The van der Waals surface area contributed by atoms with Crippen LogP contribution in [0.15, 0.2) is 12.1 Å². The number of halogens is 3. The zero-order chi connectivity index (χ0) is 20.0. The Morgan fingerprint density at radius 1 is 1.18 bits per heavy atom. The largest absolute Gasteiger partial charge is 0.384 e. The Morgan fingerprint density at radius 2 is 1.89 bits per heavy atom. The number of carbonyl (C=O) groups is 1. The third kappa shape index (κ3) is 3.58. The van der Waals surface area contributed by atoms with Crippen LogP contribution in [0.25, 0.3) is 0 Å². The van der Waals surface area contributed by atoms with Crippen molar-refractivity contribution >= 4 is 11.7 Å². The fourth-order valence-electron chi connectivity index (χ4n) is 3.67. The molecule has 0 bridgehead atoms. The number of hydrogen-bond donors (Lipinski definition) is 2. The monoisotopic (exact) mass is 393 g/mol. The van der Waals surface area contributed by atoms with Gasteiger partial charge in [-0.15, -0.1) is 0 Å². The lowest BCUT2D eigenvalue weighted by atomic mass is 10.0. The highest BCUT2D eigenvalue weighted by molar-refractivity contribution is 5.77. The maximum absolute atomic E-state index is 13.8. The standard InChI is InChI=1S/C19H22F3N5O/c20-13-8-15(22)14(21)6-11(13)5-12(23)7-17(28)26-3-4-27-16(9-26)25-18(19(27)24)10-1-2-10/h6,8,10,12H,1-5,7,9,23-24H2. The summed E-state index contributed by atoms with van der Waals surface area (Å²) in [6, 6.07) is 0.570. The van der Waals surface area contributed by atoms with E-state index < -0.39 is 23.5 Å². The number of aromatic nitrogens is 2. The molecule has 1 aromatic carbocycles. The number of nitrogen functional groups attached to an aromatic ring is 1. The summed E-state index contributed by atoms with van der Waals surface area (Å²) in [7, 11) is 0. The molecule has 1 aromatic heterocycles. The van der Waals surface area contributed by atoms with E-state index in [1.165, 1.54) is 0 Å². The highest BCUT2D eigenvalue weighted by atomic mass is 19.2. The number of rotatable bonds is 5. The molecular formula is C19H22F3N5O. The molecule has 2 heterocycles. The Balaban J connectivity index is 1.39. The van der Waals surface area contributed by atoms with E-state index in [1.54, 1.807) is 4.90 Å². The van der Waals surface area contributed by atoms with Gasteiger partial charge >= 0.3 is 0 Å². The Kier molecular flexibility index (Phi) is 4.78. The van der Waals surface area contributed by atoms with Crippen LogP contribution in [0.1, 0.15) is 42.3 Å². The van der Waals surface area contributed by atoms with Crippen LogP contribution in [0.2, 0.25) is 0 Å². The van der Waals surface area contributed by atoms with Crippen molar-refractivity contribution in [3.05, 3.63) is 46.7 Å². The van der Waals surface area contributed by atoms with E-state index in [4.69, 9.17) is 11.5 Å². The van der Waals surface area contributed by atoms with Crippen LogP contribution in [0.5, 0.6) is 0 Å². The van der Waals surface area contributed by atoms with E-state index in [1.807, 2.05) is 4.57 Å². The van der Waals surface area contributed by atoms with Crippen molar-refractivity contribution in [1.29, 1.82) is 0 Å². The number of carbonyl (C=O) groups excluding carboxylic acids is 1. The number of amides is 1. The first-order chi connectivity index (χ1) is 13.3. The summed E-state index contributed by atoms with van der Waals surface area (Å²) in [5, 5.41) is 0. The quantitative estimate of drug-likeness (QED) is 0.761. The van der Waals surface area contributed by atoms with Crippen molar-refractivity contribution in [2.45, 2.75) is 50.7 Å². The van der Waals surface area contributed by atoms with Gasteiger partial charge in [-0.2, -0.15) is 0 Å². The predicted molar refractivity (Wildman–Crippen MR) is 96.6 cm³/mol. The maximum Gasteiger partial charge on any atom is 0.224 e. The van der Waals surface area contributed by atoms with Crippen LogP contribution in [-0.4, -0.2) is 32.9 Å². The molecule has 2 aromatic rings. The number of hydrogen-bond acceptors (Lipinski definition) is 4. The van der Waals surface area contributed by atoms with E-state index in [-0.39, 0.29) is 24.3 Å². The average molecular weight is 393 g/mol. The molecule has 1 atom stereocenters. The topological polar surface area (TPSA) is 90.2 Å². The van der Waals surface area contributed by atoms with Gasteiger partial charge in [-0.05, 0) is 30.9 Å². The molecule has 1 amide bonds. The average Bonchev–Trinajstić information content (AvgIpc) is 3.43. The number of anilines is 1. The molecule has 1 aliphatic heterocycles. The zero-order valence-corrected chi connectivity index (χ0v) is 15.3. The Morgan fingerprint density at radius 3 is 2.61 bits per heavy atom. The molecule has 0 spiro atoms. The SMILES string of the molecule is Nc1c(C2CC2)nc2n1CCN(C(=O)CC(N)Cc1cc(F)c(F)cc1F)C2. The van der Waals surface area contributed by atoms with Gasteiger partial charge in [0.25, 0.3) is 0 Å². The third-order valence-electron chi connectivity index (χ3n) is 5.37. The van der Waals surface area contributed by atoms with Gasteiger partial charge in [0.15, 0.2) is 11.6 Å². The lowest BCUT2D eigenvalue weighted by molar-refractivity contribution is -0.133. The van der Waals surface area contributed by atoms with Crippen molar-refractivity contribution < 1.29 is 18.0 Å². The van der Waals surface area contributed by atoms with E-state index in [2.05, 4.69) is 4.98 Å². The molecule has 0 radical (unpaired) electrons. The molecule has 1 aliphatic carbocycles. The molecule has 1 saturated carbocycles. The fraction of sp³-hybridized carbons (Fsp3) is 0.474. The van der Waals surface area contributed by atoms with Gasteiger partial charge in [0.1, 0.15) is 17.5 Å². The number of nitrogens with zero attached hydrogens (tertiary/aromatic N) is 3. The molecule has 1 unspecified atom stereocenters. The van der Waals surface area contributed by atoms with Crippen molar-refractivity contribution in [2.24, 2.45) is 5.73 Å². The minimum Gasteiger partial charge on any atom is -0.384 e. The summed E-state index contributed by atoms with van der Waals surface area (Å²) in [6.07, 6.45) is 2.11. The number of nitrogens with two attached hydrogens (primary N) is 2. The normalized spacial score (nSPS) is 17.5. The molecule has 1 fully saturated rings. The summed E-state index contributed by atoms with van der Waals surface area (Å²) < 4.78 is 42.1. The molecular weight excluding hydrogens is 371 g/mol. The number of benzene rings is 1. The molecule has 150 valence electrons. The zero-order valence-electron chi connectivity index (χ0n) is 15.3. The van der Waals surface area contributed by atoms with Crippen LogP contribution in [-0.2, 0) is 24.3 Å². The van der Waals surface area contributed by atoms with Gasteiger partial charge in [-0.3, -0.25) is 4.79 Å². The first-order valence-corrected chi connectivity index (χ1v) is 9.35. The van der Waals surface area contributed by atoms with Gasteiger partial charge in [0.2, 0.25) is 5.91 Å². The van der Waals surface area contributed by atoms with Gasteiger partial charge in [-0.25, -0.2) is 18.2 Å². The smallest absolute Gasteiger partial charge is 0.224 e. The lowest BCUT2D eigenvalue weighted by Crippen LogP contribution is -2.41. The second-order valence-electron chi connectivity index (χ2n) is 7.57. The first kappa shape index (κ1) is 18.8. The van der Waals surface area contributed by atoms with E-state index in [9.17, 15) is 18.0 Å². The third-order valence-corrected chi connectivity index (χ3v) is 5.37. The Labute approximate surface area is 160 Å². The highest BCUT2D eigenvalue weighted by Gasteiger charge is 2.33. The Hall–Kier alpha value is -2.55. The maximum atomic E-state index is 13.8. The fourth-order valence-corrected chi connectivity index (χ4v) is 3.67. The van der Waals surface area contributed by atoms with Crippen LogP contribution in [0, 0.1) is 17.5 Å². The van der Waals surface area contributed by atoms with Crippen LogP contribution < -0.4 is 11.5 Å². The van der Waals surface area contributed by atoms with E-state index in [0.717, 1.165) is 30.4 Å². The first-order valence-electron chi connectivity index (χ1n) is 9.35. The van der Waals surface area contributed by atoms with Crippen molar-refractivity contribution in [1.82, 2.24) is 14.5 Å². The molecule has 4 rings (SSSR count). The highest BCUT2D eigenvalue weighted by Crippen LogP contribution is 2.42. The summed E-state index contributed by atoms with van der Waals surface area (Å²) in [6.45, 7) is 1.41. The number of imidazole rings is 1. The van der Waals surface area contributed by atoms with Crippen molar-refractivity contribution in [3.8, 4) is 0 Å². The van der Waals surface area contributed by atoms with Gasteiger partial charge in [-0.1, -0.05) is 0 Å². The Bertz CT molecular complexity index is 925. The molecule has 0 saturated heterocycles. The molecule has 4 N–H and O–H groups in total. The summed E-state index contributed by atoms with van der Waals surface area (Å²) in [5.41, 5.74) is 13.0. The second kappa shape index (κ2) is 7.12. The number of fused-ring (bicyclic) bond motifs is 1. The van der Waals surface area contributed by atoms with Gasteiger partial charge in [0.05, 0.1) is 12.2 Å². The van der Waals surface area contributed by atoms with Crippen LogP contribution in [0.4, 0.5) is 19.0 Å². The second-order valence-corrected chi connectivity index (χ2v) is 7.57. The van der Waals surface area contributed by atoms with Crippen molar-refractivity contribution in [2.75, 3.05) is 12.3 Å². The predicted octanol–water partition coefficient (Wildman–Crippen LogP) is 2.06. The molecule has 9 heteroatoms. The van der Waals surface area contributed by atoms with Crippen LogP contribution >= 0.6 is 0 Å². The van der Waals surface area contributed by atoms with Crippen molar-refractivity contribution in [3.63, 3.8) is 0 Å². The minimum absolute atomic E-state index is 0.0237. The summed E-state index contributed by atoms with van der Waals surface area (Å²) in [4.78, 5) is 18.9. The summed E-state index contributed by atoms with van der Waals surface area (Å²) in [5.74, 6) is -1.56. The van der Waals surface area contributed by atoms with Crippen LogP contribution in [0.3, 0.4) is 0 Å². The molecule has 28 heavy (non-hydrogen) atoms. The lowest BCUT2D eigenvalue weighted by Gasteiger charge is -2.29. The minimum atomic E-state index is -1.25.